The van der Waals surface area contributed by atoms with Crippen LogP contribution in [0.5, 0.6) is 5.75 Å². The lowest BCUT2D eigenvalue weighted by atomic mass is 10.0. The van der Waals surface area contributed by atoms with Crippen LogP contribution in [0.1, 0.15) is 36.7 Å². The summed E-state index contributed by atoms with van der Waals surface area (Å²) in [7, 11) is 0. The maximum absolute atomic E-state index is 13.0. The molecule has 0 saturated carbocycles. The first-order valence-electron chi connectivity index (χ1n) is 10.8. The Morgan fingerprint density at radius 3 is 2.61 bits per heavy atom. The molecule has 2 aromatic heterocycles. The average molecular weight is 468 g/mol. The summed E-state index contributed by atoms with van der Waals surface area (Å²) in [5.74, 6) is 1.38. The van der Waals surface area contributed by atoms with E-state index >= 15 is 0 Å². The lowest BCUT2D eigenvalue weighted by Crippen LogP contribution is -2.32. The summed E-state index contributed by atoms with van der Waals surface area (Å²) in [4.78, 5) is 13.0. The number of rotatable bonds is 7. The number of halogens is 1. The molecule has 1 unspecified atom stereocenters. The number of aromatic nitrogens is 3. The molecule has 4 aromatic rings. The molecule has 1 atom stereocenters. The fourth-order valence-corrected chi connectivity index (χ4v) is 3.91. The van der Waals surface area contributed by atoms with Gasteiger partial charge in [-0.05, 0) is 43.0 Å². The maximum atomic E-state index is 13.0. The molecule has 33 heavy (non-hydrogen) atoms. The van der Waals surface area contributed by atoms with Crippen molar-refractivity contribution in [2.75, 3.05) is 6.61 Å². The smallest absolute Gasteiger partial charge is 0.296 e. The van der Waals surface area contributed by atoms with E-state index in [1.807, 2.05) is 63.2 Å². The van der Waals surface area contributed by atoms with Gasteiger partial charge in [0.25, 0.3) is 5.56 Å². The lowest BCUT2D eigenvalue weighted by molar-refractivity contribution is 0.0876. The van der Waals surface area contributed by atoms with Gasteiger partial charge in [0.05, 0.1) is 11.9 Å². The van der Waals surface area contributed by atoms with Crippen LogP contribution >= 0.6 is 11.6 Å². The molecule has 0 amide bonds. The van der Waals surface area contributed by atoms with Gasteiger partial charge in [0.1, 0.15) is 29.9 Å². The second-order valence-electron chi connectivity index (χ2n) is 8.42. The number of ether oxygens (including phenoxy) is 1. The van der Waals surface area contributed by atoms with Gasteiger partial charge < -0.3 is 14.4 Å². The highest BCUT2D eigenvalue weighted by Gasteiger charge is 2.20. The number of hydrogen-bond donors (Lipinski definition) is 1. The van der Waals surface area contributed by atoms with E-state index in [0.717, 1.165) is 16.7 Å². The zero-order chi connectivity index (χ0) is 23.7. The fraction of sp³-hybridized carbons (Fsp3) is 0.320. The fourth-order valence-electron chi connectivity index (χ4n) is 3.74. The molecule has 0 aliphatic heterocycles. The summed E-state index contributed by atoms with van der Waals surface area (Å²) in [6.45, 7) is 7.69. The van der Waals surface area contributed by atoms with Gasteiger partial charge in [0.15, 0.2) is 5.52 Å². The van der Waals surface area contributed by atoms with E-state index in [2.05, 4.69) is 10.3 Å². The van der Waals surface area contributed by atoms with Gasteiger partial charge in [0.2, 0.25) is 0 Å². The van der Waals surface area contributed by atoms with Crippen LogP contribution in [0, 0.1) is 13.8 Å². The van der Waals surface area contributed by atoms with Crippen molar-refractivity contribution in [3.05, 3.63) is 74.7 Å². The molecular weight excluding hydrogens is 442 g/mol. The quantitative estimate of drug-likeness (QED) is 0.416. The van der Waals surface area contributed by atoms with Crippen LogP contribution < -0.4 is 10.3 Å². The minimum absolute atomic E-state index is 0.00847. The second-order valence-corrected chi connectivity index (χ2v) is 8.83. The minimum Gasteiger partial charge on any atom is -0.491 e. The second kappa shape index (κ2) is 9.37. The molecule has 0 bridgehead atoms. The molecule has 8 heteroatoms. The van der Waals surface area contributed by atoms with E-state index in [4.69, 9.17) is 20.9 Å². The number of benzene rings is 2. The van der Waals surface area contributed by atoms with Crippen LogP contribution in [0.15, 0.2) is 51.8 Å². The number of nitrogens with zero attached hydrogens (tertiary/aromatic N) is 3. The molecule has 172 valence electrons. The van der Waals surface area contributed by atoms with Crippen molar-refractivity contribution in [1.29, 1.82) is 0 Å². The normalized spacial score (nSPS) is 12.5. The van der Waals surface area contributed by atoms with Gasteiger partial charge in [-0.25, -0.2) is 4.68 Å². The lowest BCUT2D eigenvalue weighted by Gasteiger charge is -2.18. The Bertz CT molecular complexity index is 1350. The molecule has 7 nitrogen and oxygen atoms in total. The van der Waals surface area contributed by atoms with Gasteiger partial charge in [-0.3, -0.25) is 4.79 Å². The molecule has 0 aliphatic carbocycles. The third-order valence-electron chi connectivity index (χ3n) is 5.53. The molecule has 2 heterocycles. The van der Waals surface area contributed by atoms with Crippen LogP contribution in [0.25, 0.3) is 22.2 Å². The highest BCUT2D eigenvalue weighted by atomic mass is 35.5. The van der Waals surface area contributed by atoms with E-state index in [9.17, 15) is 9.90 Å². The van der Waals surface area contributed by atoms with Crippen molar-refractivity contribution in [3.63, 3.8) is 0 Å². The maximum Gasteiger partial charge on any atom is 0.296 e. The summed E-state index contributed by atoms with van der Waals surface area (Å²) >= 11 is 6.27. The molecule has 0 radical (unpaired) electrons. The molecular formula is C25H26ClN3O4. The zero-order valence-electron chi connectivity index (χ0n) is 19.0. The summed E-state index contributed by atoms with van der Waals surface area (Å²) in [6.07, 6.45) is -0.972. The molecule has 2 aromatic carbocycles. The number of aryl methyl sites for hydroxylation is 2. The van der Waals surface area contributed by atoms with E-state index in [1.165, 1.54) is 4.68 Å². The SMILES string of the molecule is Cc1cc(OCC(O)Cn2nc(-c3ccccc3)c3c(C)onc3c2=O)c(C(C)C)cc1Cl. The number of aliphatic hydroxyl groups excluding tert-OH is 1. The van der Waals surface area contributed by atoms with Gasteiger partial charge in [-0.15, -0.1) is 0 Å². The van der Waals surface area contributed by atoms with E-state index < -0.39 is 11.7 Å². The highest BCUT2D eigenvalue weighted by Crippen LogP contribution is 2.32. The van der Waals surface area contributed by atoms with Crippen molar-refractivity contribution in [1.82, 2.24) is 14.9 Å². The predicted octanol–water partition coefficient (Wildman–Crippen LogP) is 4.89. The van der Waals surface area contributed by atoms with Crippen molar-refractivity contribution in [2.24, 2.45) is 0 Å². The van der Waals surface area contributed by atoms with Crippen LogP contribution in [-0.2, 0) is 6.54 Å². The third kappa shape index (κ3) is 4.65. The van der Waals surface area contributed by atoms with Crippen LogP contribution in [0.3, 0.4) is 0 Å². The van der Waals surface area contributed by atoms with Crippen molar-refractivity contribution in [3.8, 4) is 17.0 Å². The number of aliphatic hydroxyl groups is 1. The minimum atomic E-state index is -0.972. The highest BCUT2D eigenvalue weighted by molar-refractivity contribution is 6.31. The Morgan fingerprint density at radius 2 is 1.91 bits per heavy atom. The topological polar surface area (TPSA) is 90.4 Å². The van der Waals surface area contributed by atoms with Crippen molar-refractivity contribution >= 4 is 22.5 Å². The first-order chi connectivity index (χ1) is 15.8. The Morgan fingerprint density at radius 1 is 1.18 bits per heavy atom. The zero-order valence-corrected chi connectivity index (χ0v) is 19.8. The third-order valence-corrected chi connectivity index (χ3v) is 5.94. The first-order valence-corrected chi connectivity index (χ1v) is 11.2. The van der Waals surface area contributed by atoms with Gasteiger partial charge in [0, 0.05) is 10.6 Å². The van der Waals surface area contributed by atoms with Gasteiger partial charge in [-0.1, -0.05) is 60.9 Å². The molecule has 0 fully saturated rings. The number of hydrogen-bond acceptors (Lipinski definition) is 6. The van der Waals surface area contributed by atoms with Crippen LogP contribution in [0.4, 0.5) is 0 Å². The monoisotopic (exact) mass is 467 g/mol. The number of fused-ring (bicyclic) bond motifs is 1. The van der Waals surface area contributed by atoms with Gasteiger partial charge in [-0.2, -0.15) is 5.10 Å². The molecule has 0 aliphatic rings. The predicted molar refractivity (Wildman–Crippen MR) is 128 cm³/mol. The Kier molecular flexibility index (Phi) is 6.54. The van der Waals surface area contributed by atoms with E-state index in [-0.39, 0.29) is 24.6 Å². The standard InChI is InChI=1S/C25H26ClN3O4/c1-14(2)19-11-20(26)15(3)10-21(19)32-13-18(30)12-29-25(31)24-22(16(4)33-28-24)23(27-29)17-8-6-5-7-9-17/h5-11,14,18,30H,12-13H2,1-4H3. The molecule has 4 rings (SSSR count). The van der Waals surface area contributed by atoms with E-state index in [0.29, 0.717) is 27.6 Å². The molecule has 0 spiro atoms. The molecule has 0 saturated heterocycles. The van der Waals surface area contributed by atoms with Crippen molar-refractivity contribution in [2.45, 2.75) is 46.3 Å². The summed E-state index contributed by atoms with van der Waals surface area (Å²) < 4.78 is 12.4. The largest absolute Gasteiger partial charge is 0.491 e. The summed E-state index contributed by atoms with van der Waals surface area (Å²) in [5, 5.41) is 20.4. The van der Waals surface area contributed by atoms with Gasteiger partial charge >= 0.3 is 0 Å². The van der Waals surface area contributed by atoms with Crippen molar-refractivity contribution < 1.29 is 14.4 Å². The first kappa shape index (κ1) is 23.0. The Balaban J connectivity index is 1.62. The average Bonchev–Trinajstić information content (AvgIpc) is 3.18. The van der Waals surface area contributed by atoms with Crippen LogP contribution in [0.2, 0.25) is 5.02 Å². The Labute approximate surface area is 196 Å². The van der Waals surface area contributed by atoms with Crippen LogP contribution in [-0.4, -0.2) is 32.8 Å². The van der Waals surface area contributed by atoms with E-state index in [1.54, 1.807) is 6.92 Å². The summed E-state index contributed by atoms with van der Waals surface area (Å²) in [6, 6.07) is 13.3. The Hall–Kier alpha value is -3.16. The molecule has 1 N–H and O–H groups in total. The summed E-state index contributed by atoms with van der Waals surface area (Å²) in [5.41, 5.74) is 3.01.